The molecule has 0 aliphatic carbocycles. The Balaban J connectivity index is 0.00000507. The molecule has 0 bridgehead atoms. The van der Waals surface area contributed by atoms with E-state index < -0.39 is 22.2 Å². The highest BCUT2D eigenvalue weighted by Crippen LogP contribution is 2.28. The van der Waals surface area contributed by atoms with Gasteiger partial charge in [0.05, 0.1) is 23.6 Å². The molecule has 38 heavy (non-hydrogen) atoms. The largest absolute Gasteiger partial charge is 0.390 e. The standard InChI is InChI=1S/C28H42N4O4S.ClH/c1-3-5-9-14-29-21-27(33)26(17-22-12-7-6-8-13-22)31-28(34)23-18-24(30-4-2)20-25(19-23)32-15-10-11-16-37(32,35)36;/h6-8,12-13,18-20,26-27,29-30,33H,3-5,9-11,14-17,21H2,1-2H3,(H,31,34);1H/t26-,27+;/m0./s1. The van der Waals surface area contributed by atoms with Gasteiger partial charge in [0.15, 0.2) is 0 Å². The second-order valence-electron chi connectivity index (χ2n) is 9.64. The van der Waals surface area contributed by atoms with Gasteiger partial charge in [0.25, 0.3) is 5.91 Å². The van der Waals surface area contributed by atoms with Crippen LogP contribution in [-0.4, -0.2) is 63.5 Å². The average Bonchev–Trinajstić information content (AvgIpc) is 2.88. The van der Waals surface area contributed by atoms with E-state index in [1.165, 1.54) is 4.31 Å². The Kier molecular flexibility index (Phi) is 13.4. The maximum absolute atomic E-state index is 13.5. The summed E-state index contributed by atoms with van der Waals surface area (Å²) in [6, 6.07) is 14.4. The minimum absolute atomic E-state index is 0. The number of benzene rings is 2. The zero-order valence-electron chi connectivity index (χ0n) is 22.5. The first-order valence-electron chi connectivity index (χ1n) is 13.5. The number of nitrogens with one attached hydrogen (secondary N) is 3. The molecule has 0 radical (unpaired) electrons. The van der Waals surface area contributed by atoms with Gasteiger partial charge in [0.2, 0.25) is 10.0 Å². The third-order valence-electron chi connectivity index (χ3n) is 6.59. The molecule has 1 fully saturated rings. The van der Waals surface area contributed by atoms with Gasteiger partial charge in [-0.25, -0.2) is 8.42 Å². The van der Waals surface area contributed by atoms with Crippen LogP contribution in [0, 0.1) is 0 Å². The van der Waals surface area contributed by atoms with Crippen molar-refractivity contribution >= 4 is 39.7 Å². The molecule has 1 heterocycles. The van der Waals surface area contributed by atoms with E-state index in [0.29, 0.717) is 49.4 Å². The van der Waals surface area contributed by atoms with Gasteiger partial charge in [0.1, 0.15) is 0 Å². The summed E-state index contributed by atoms with van der Waals surface area (Å²) in [6.07, 6.45) is 4.41. The van der Waals surface area contributed by atoms with Crippen molar-refractivity contribution in [2.24, 2.45) is 0 Å². The molecule has 0 aromatic heterocycles. The van der Waals surface area contributed by atoms with Crippen LogP contribution in [-0.2, 0) is 16.4 Å². The molecule has 3 rings (SSSR count). The zero-order valence-corrected chi connectivity index (χ0v) is 24.1. The number of sulfonamides is 1. The predicted molar refractivity (Wildman–Crippen MR) is 158 cm³/mol. The third-order valence-corrected chi connectivity index (χ3v) is 8.46. The van der Waals surface area contributed by atoms with Crippen LogP contribution in [0.2, 0.25) is 0 Å². The first-order valence-corrected chi connectivity index (χ1v) is 15.1. The van der Waals surface area contributed by atoms with Crippen LogP contribution in [0.3, 0.4) is 0 Å². The van der Waals surface area contributed by atoms with Gasteiger partial charge in [-0.05, 0) is 62.9 Å². The molecule has 8 nitrogen and oxygen atoms in total. The number of carbonyl (C=O) groups excluding carboxylic acids is 1. The monoisotopic (exact) mass is 566 g/mol. The molecular formula is C28H43ClN4O4S. The van der Waals surface area contributed by atoms with Gasteiger partial charge < -0.3 is 21.1 Å². The van der Waals surface area contributed by atoms with Crippen molar-refractivity contribution in [3.05, 3.63) is 59.7 Å². The summed E-state index contributed by atoms with van der Waals surface area (Å²) in [5.74, 6) is -0.238. The summed E-state index contributed by atoms with van der Waals surface area (Å²) < 4.78 is 26.9. The molecule has 2 aromatic carbocycles. The van der Waals surface area contributed by atoms with Crippen LogP contribution < -0.4 is 20.3 Å². The Bertz CT molecular complexity index is 1100. The second-order valence-corrected chi connectivity index (χ2v) is 11.7. The van der Waals surface area contributed by atoms with Crippen molar-refractivity contribution < 1.29 is 18.3 Å². The lowest BCUT2D eigenvalue weighted by molar-refractivity contribution is 0.0830. The third kappa shape index (κ3) is 9.45. The lowest BCUT2D eigenvalue weighted by atomic mass is 10.00. The van der Waals surface area contributed by atoms with E-state index in [2.05, 4.69) is 22.9 Å². The number of aliphatic hydroxyl groups is 1. The summed E-state index contributed by atoms with van der Waals surface area (Å²) in [5.41, 5.74) is 2.54. The van der Waals surface area contributed by atoms with Crippen LogP contribution in [0.1, 0.15) is 61.9 Å². The van der Waals surface area contributed by atoms with Crippen molar-refractivity contribution in [1.82, 2.24) is 10.6 Å². The Hall–Kier alpha value is -2.33. The molecule has 1 aliphatic heterocycles. The van der Waals surface area contributed by atoms with Crippen molar-refractivity contribution in [3.8, 4) is 0 Å². The topological polar surface area (TPSA) is 111 Å². The van der Waals surface area contributed by atoms with E-state index in [0.717, 1.165) is 37.8 Å². The quantitative estimate of drug-likeness (QED) is 0.258. The Morgan fingerprint density at radius 1 is 1.08 bits per heavy atom. The van der Waals surface area contributed by atoms with Gasteiger partial charge in [0, 0.05) is 30.9 Å². The smallest absolute Gasteiger partial charge is 0.251 e. The van der Waals surface area contributed by atoms with Crippen LogP contribution in [0.25, 0.3) is 0 Å². The van der Waals surface area contributed by atoms with Crippen LogP contribution in [0.15, 0.2) is 48.5 Å². The summed E-state index contributed by atoms with van der Waals surface area (Å²) >= 11 is 0. The molecular weight excluding hydrogens is 524 g/mol. The highest BCUT2D eigenvalue weighted by Gasteiger charge is 2.28. The minimum Gasteiger partial charge on any atom is -0.390 e. The highest BCUT2D eigenvalue weighted by molar-refractivity contribution is 7.92. The Labute approximate surface area is 234 Å². The Morgan fingerprint density at radius 2 is 1.84 bits per heavy atom. The lowest BCUT2D eigenvalue weighted by Gasteiger charge is -2.29. The average molecular weight is 567 g/mol. The van der Waals surface area contributed by atoms with Crippen molar-refractivity contribution in [2.45, 2.75) is 64.5 Å². The first-order chi connectivity index (χ1) is 17.8. The van der Waals surface area contributed by atoms with E-state index in [-0.39, 0.29) is 24.1 Å². The molecule has 10 heteroatoms. The molecule has 1 saturated heterocycles. The number of rotatable bonds is 14. The van der Waals surface area contributed by atoms with E-state index in [1.54, 1.807) is 18.2 Å². The van der Waals surface area contributed by atoms with Gasteiger partial charge in [-0.15, -0.1) is 12.4 Å². The maximum atomic E-state index is 13.5. The maximum Gasteiger partial charge on any atom is 0.251 e. The van der Waals surface area contributed by atoms with Crippen molar-refractivity contribution in [2.75, 3.05) is 41.6 Å². The molecule has 212 valence electrons. The summed E-state index contributed by atoms with van der Waals surface area (Å²) in [7, 11) is -3.42. The van der Waals surface area contributed by atoms with Gasteiger partial charge >= 0.3 is 0 Å². The zero-order chi connectivity index (χ0) is 26.7. The fourth-order valence-corrected chi connectivity index (χ4v) is 6.19. The molecule has 0 spiro atoms. The Morgan fingerprint density at radius 3 is 2.53 bits per heavy atom. The number of nitrogens with zero attached hydrogens (tertiary/aromatic N) is 1. The number of unbranched alkanes of at least 4 members (excludes halogenated alkanes) is 2. The molecule has 1 aliphatic rings. The van der Waals surface area contributed by atoms with Gasteiger partial charge in [-0.2, -0.15) is 0 Å². The molecule has 0 unspecified atom stereocenters. The highest BCUT2D eigenvalue weighted by atomic mass is 35.5. The van der Waals surface area contributed by atoms with Crippen molar-refractivity contribution in [3.63, 3.8) is 0 Å². The van der Waals surface area contributed by atoms with E-state index >= 15 is 0 Å². The lowest BCUT2D eigenvalue weighted by Crippen LogP contribution is -2.49. The molecule has 2 atom stereocenters. The van der Waals surface area contributed by atoms with Gasteiger partial charge in [-0.1, -0.05) is 50.1 Å². The molecule has 2 aromatic rings. The second kappa shape index (κ2) is 15.9. The number of carbonyl (C=O) groups is 1. The number of hydrogen-bond acceptors (Lipinski definition) is 6. The number of hydrogen-bond donors (Lipinski definition) is 4. The van der Waals surface area contributed by atoms with E-state index in [9.17, 15) is 18.3 Å². The number of aliphatic hydroxyl groups excluding tert-OH is 1. The van der Waals surface area contributed by atoms with E-state index in [4.69, 9.17) is 0 Å². The summed E-state index contributed by atoms with van der Waals surface area (Å²) in [6.45, 7) is 6.32. The van der Waals surface area contributed by atoms with E-state index in [1.807, 2.05) is 37.3 Å². The summed E-state index contributed by atoms with van der Waals surface area (Å²) in [4.78, 5) is 13.5. The van der Waals surface area contributed by atoms with Crippen LogP contribution in [0.4, 0.5) is 11.4 Å². The SMILES string of the molecule is CCCCCNC[C@@H](O)[C@H](Cc1ccccc1)NC(=O)c1cc(NCC)cc(N2CCCCS2(=O)=O)c1.Cl. The fourth-order valence-electron chi connectivity index (χ4n) is 4.57. The molecule has 0 saturated carbocycles. The number of amides is 1. The molecule has 4 N–H and O–H groups in total. The fraction of sp³-hybridized carbons (Fsp3) is 0.536. The first kappa shape index (κ1) is 31.9. The van der Waals surface area contributed by atoms with Crippen LogP contribution in [0.5, 0.6) is 0 Å². The number of halogens is 1. The molecule has 1 amide bonds. The summed E-state index contributed by atoms with van der Waals surface area (Å²) in [5, 5.41) is 20.6. The number of anilines is 2. The van der Waals surface area contributed by atoms with Crippen LogP contribution >= 0.6 is 12.4 Å². The minimum atomic E-state index is -3.42. The van der Waals surface area contributed by atoms with Crippen molar-refractivity contribution in [1.29, 1.82) is 0 Å². The normalized spacial score (nSPS) is 16.2. The van der Waals surface area contributed by atoms with Gasteiger partial charge in [-0.3, -0.25) is 9.10 Å². The predicted octanol–water partition coefficient (Wildman–Crippen LogP) is 3.95.